The third-order valence-electron chi connectivity index (χ3n) is 2.94. The monoisotopic (exact) mass is 290 g/mol. The van der Waals surface area contributed by atoms with Crippen molar-refractivity contribution in [3.05, 3.63) is 12.4 Å². The number of sulfonamides is 1. The minimum atomic E-state index is -3.42. The molecule has 1 unspecified atom stereocenters. The van der Waals surface area contributed by atoms with E-state index in [2.05, 4.69) is 14.7 Å². The van der Waals surface area contributed by atoms with Crippen molar-refractivity contribution in [2.24, 2.45) is 7.05 Å². The van der Waals surface area contributed by atoms with E-state index in [4.69, 9.17) is 0 Å². The molecule has 1 atom stereocenters. The Morgan fingerprint density at radius 2 is 2.11 bits per heavy atom. The van der Waals surface area contributed by atoms with Crippen LogP contribution in [0.4, 0.5) is 0 Å². The zero-order valence-corrected chi connectivity index (χ0v) is 12.9. The van der Waals surface area contributed by atoms with Gasteiger partial charge in [-0.2, -0.15) is 5.10 Å². The van der Waals surface area contributed by atoms with Crippen molar-refractivity contribution in [3.8, 4) is 0 Å². The van der Waals surface area contributed by atoms with Crippen LogP contribution in [-0.4, -0.2) is 49.3 Å². The fourth-order valence-electron chi connectivity index (χ4n) is 2.09. The van der Waals surface area contributed by atoms with Gasteiger partial charge in [-0.3, -0.25) is 4.68 Å². The summed E-state index contributed by atoms with van der Waals surface area (Å²) in [7, 11) is 0.284. The van der Waals surface area contributed by atoms with E-state index in [-0.39, 0.29) is 12.4 Å². The van der Waals surface area contributed by atoms with Crippen LogP contribution in [0, 0.1) is 0 Å². The van der Waals surface area contributed by atoms with Crippen LogP contribution in [0.15, 0.2) is 17.3 Å². The van der Waals surface area contributed by atoms with Crippen LogP contribution in [0.1, 0.15) is 28.1 Å². The van der Waals surface area contributed by atoms with Gasteiger partial charge in [0, 0.05) is 27.3 Å². The molecule has 1 N–H and O–H groups in total. The highest BCUT2D eigenvalue weighted by molar-refractivity contribution is 7.89. The number of aryl methyl sites for hydroxylation is 1. The van der Waals surface area contributed by atoms with Crippen molar-refractivity contribution in [1.82, 2.24) is 19.4 Å². The van der Waals surface area contributed by atoms with Gasteiger partial charge in [0.05, 0.1) is 6.20 Å². The second-order valence-electron chi connectivity index (χ2n) is 4.57. The molecule has 0 saturated carbocycles. The number of rotatable bonds is 3. The summed E-state index contributed by atoms with van der Waals surface area (Å²) in [4.78, 5) is 2.37. The fraction of sp³-hybridized carbons (Fsp3) is 0.750. The lowest BCUT2D eigenvalue weighted by atomic mass is 10.1. The van der Waals surface area contributed by atoms with Crippen LogP contribution >= 0.6 is 0 Å². The Morgan fingerprint density at radius 1 is 1.42 bits per heavy atom. The molecule has 0 spiro atoms. The van der Waals surface area contributed by atoms with Gasteiger partial charge in [-0.25, -0.2) is 13.1 Å². The normalized spacial score (nSPS) is 20.7. The Balaban J connectivity index is 0.00000115. The summed E-state index contributed by atoms with van der Waals surface area (Å²) in [6.45, 7) is 5.80. The zero-order chi connectivity index (χ0) is 14.5. The van der Waals surface area contributed by atoms with Crippen LogP contribution in [0.3, 0.4) is 0 Å². The van der Waals surface area contributed by atoms with E-state index in [1.165, 1.54) is 17.1 Å². The van der Waals surface area contributed by atoms with Gasteiger partial charge in [-0.15, -0.1) is 0 Å². The van der Waals surface area contributed by atoms with Crippen molar-refractivity contribution in [2.75, 3.05) is 20.1 Å². The molecule has 1 aliphatic rings. The van der Waals surface area contributed by atoms with Crippen LogP contribution in [-0.2, 0) is 17.1 Å². The number of nitrogens with zero attached hydrogens (tertiary/aromatic N) is 3. The molecule has 7 heteroatoms. The SMILES string of the molecule is CC.CN1CCCC(NS(=O)(=O)c2cnn(C)c2)C1.[HH]. The highest BCUT2D eigenvalue weighted by atomic mass is 32.2. The number of aromatic nitrogens is 2. The first-order valence-electron chi connectivity index (χ1n) is 6.67. The first kappa shape index (κ1) is 16.1. The van der Waals surface area contributed by atoms with E-state index in [0.29, 0.717) is 0 Å². The van der Waals surface area contributed by atoms with Gasteiger partial charge in [0.2, 0.25) is 10.0 Å². The molecule has 112 valence electrons. The van der Waals surface area contributed by atoms with E-state index >= 15 is 0 Å². The second-order valence-corrected chi connectivity index (χ2v) is 6.29. The van der Waals surface area contributed by atoms with Crippen LogP contribution in [0.5, 0.6) is 0 Å². The number of likely N-dealkylation sites (N-methyl/N-ethyl adjacent to an activating group) is 1. The molecule has 0 aliphatic carbocycles. The second kappa shape index (κ2) is 7.02. The number of hydrogen-bond acceptors (Lipinski definition) is 4. The Kier molecular flexibility index (Phi) is 5.96. The van der Waals surface area contributed by atoms with E-state index < -0.39 is 10.0 Å². The molecule has 1 fully saturated rings. The molecule has 1 aromatic rings. The van der Waals surface area contributed by atoms with E-state index in [1.54, 1.807) is 7.05 Å². The molecule has 1 aliphatic heterocycles. The molecule has 0 amide bonds. The van der Waals surface area contributed by atoms with Crippen molar-refractivity contribution < 1.29 is 9.84 Å². The lowest BCUT2D eigenvalue weighted by Gasteiger charge is -2.29. The fourth-order valence-corrected chi connectivity index (χ4v) is 3.33. The molecule has 1 saturated heterocycles. The molecule has 2 heterocycles. The largest absolute Gasteiger partial charge is 0.305 e. The lowest BCUT2D eigenvalue weighted by Crippen LogP contribution is -2.46. The minimum absolute atomic E-state index is 0. The lowest BCUT2D eigenvalue weighted by molar-refractivity contribution is 0.242. The molecule has 1 aromatic heterocycles. The number of nitrogens with one attached hydrogen (secondary N) is 1. The molecule has 6 nitrogen and oxygen atoms in total. The number of piperidine rings is 1. The Bertz CT molecular complexity index is 489. The van der Waals surface area contributed by atoms with Crippen LogP contribution < -0.4 is 4.72 Å². The summed E-state index contributed by atoms with van der Waals surface area (Å²) >= 11 is 0. The summed E-state index contributed by atoms with van der Waals surface area (Å²) in [6, 6.07) is -0.000967. The maximum atomic E-state index is 12.0. The number of hydrogen-bond donors (Lipinski definition) is 1. The summed E-state index contributed by atoms with van der Waals surface area (Å²) in [6.07, 6.45) is 4.80. The zero-order valence-electron chi connectivity index (χ0n) is 12.1. The predicted octanol–water partition coefficient (Wildman–Crippen LogP) is 1.06. The topological polar surface area (TPSA) is 67.2 Å². The first-order valence-corrected chi connectivity index (χ1v) is 8.15. The average molecular weight is 290 g/mol. The third kappa shape index (κ3) is 4.59. The molecule has 0 bridgehead atoms. The molecule has 19 heavy (non-hydrogen) atoms. The Morgan fingerprint density at radius 3 is 2.63 bits per heavy atom. The Hall–Kier alpha value is -0.920. The maximum Gasteiger partial charge on any atom is 0.243 e. The van der Waals surface area contributed by atoms with Crippen molar-refractivity contribution in [3.63, 3.8) is 0 Å². The van der Waals surface area contributed by atoms with Gasteiger partial charge in [-0.05, 0) is 26.4 Å². The molecular formula is C12H26N4O2S. The van der Waals surface area contributed by atoms with Gasteiger partial charge in [0.15, 0.2) is 0 Å². The average Bonchev–Trinajstić information content (AvgIpc) is 2.79. The van der Waals surface area contributed by atoms with E-state index in [1.807, 2.05) is 20.9 Å². The summed E-state index contributed by atoms with van der Waals surface area (Å²) in [5, 5.41) is 3.88. The highest BCUT2D eigenvalue weighted by Gasteiger charge is 2.24. The summed E-state index contributed by atoms with van der Waals surface area (Å²) < 4.78 is 28.3. The van der Waals surface area contributed by atoms with Crippen molar-refractivity contribution >= 4 is 10.0 Å². The number of likely N-dealkylation sites (tertiary alicyclic amines) is 1. The van der Waals surface area contributed by atoms with Gasteiger partial charge in [0.25, 0.3) is 0 Å². The van der Waals surface area contributed by atoms with Crippen LogP contribution in [0.25, 0.3) is 0 Å². The predicted molar refractivity (Wildman–Crippen MR) is 77.5 cm³/mol. The maximum absolute atomic E-state index is 12.0. The molecule has 2 rings (SSSR count). The standard InChI is InChI=1S/C10H18N4O2S.C2H6.H2/c1-13-5-3-4-9(7-13)12-17(15,16)10-6-11-14(2)8-10;1-2;/h6,8-9,12H,3-5,7H2,1-2H3;1-2H3;1H. The summed E-state index contributed by atoms with van der Waals surface area (Å²) in [5.74, 6) is 0. The summed E-state index contributed by atoms with van der Waals surface area (Å²) in [5.41, 5.74) is 0. The van der Waals surface area contributed by atoms with Gasteiger partial charge < -0.3 is 4.90 Å². The quantitative estimate of drug-likeness (QED) is 0.904. The first-order chi connectivity index (χ1) is 8.97. The van der Waals surface area contributed by atoms with Crippen LogP contribution in [0.2, 0.25) is 0 Å². The van der Waals surface area contributed by atoms with Crippen molar-refractivity contribution in [2.45, 2.75) is 37.6 Å². The van der Waals surface area contributed by atoms with Gasteiger partial charge >= 0.3 is 0 Å². The smallest absolute Gasteiger partial charge is 0.243 e. The van der Waals surface area contributed by atoms with E-state index in [0.717, 1.165) is 25.9 Å². The van der Waals surface area contributed by atoms with Gasteiger partial charge in [0.1, 0.15) is 4.90 Å². The molecule has 0 radical (unpaired) electrons. The Labute approximate surface area is 117 Å². The third-order valence-corrected chi connectivity index (χ3v) is 4.41. The minimum Gasteiger partial charge on any atom is -0.305 e. The van der Waals surface area contributed by atoms with Gasteiger partial charge in [-0.1, -0.05) is 13.8 Å². The highest BCUT2D eigenvalue weighted by Crippen LogP contribution is 2.12. The molecular weight excluding hydrogens is 264 g/mol. The molecule has 0 aromatic carbocycles. The van der Waals surface area contributed by atoms with E-state index in [9.17, 15) is 8.42 Å². The van der Waals surface area contributed by atoms with Crippen molar-refractivity contribution in [1.29, 1.82) is 0 Å².